The van der Waals surface area contributed by atoms with E-state index < -0.39 is 0 Å². The quantitative estimate of drug-likeness (QED) is 0.828. The first-order chi connectivity index (χ1) is 8.31. The lowest BCUT2D eigenvalue weighted by Crippen LogP contribution is -2.26. The topological polar surface area (TPSA) is 50.1 Å². The van der Waals surface area contributed by atoms with Gasteiger partial charge in [0, 0.05) is 30.3 Å². The monoisotopic (exact) mass is 231 g/mol. The zero-order valence-electron chi connectivity index (χ0n) is 9.99. The molecule has 0 amide bonds. The van der Waals surface area contributed by atoms with E-state index >= 15 is 0 Å². The van der Waals surface area contributed by atoms with E-state index in [1.807, 2.05) is 19.2 Å². The SMILES string of the molecule is CNCC1(CNc2ccc3ncoc3c2)CC1. The number of hydrogen-bond donors (Lipinski definition) is 2. The van der Waals surface area contributed by atoms with Crippen molar-refractivity contribution in [1.82, 2.24) is 10.3 Å². The van der Waals surface area contributed by atoms with E-state index in [4.69, 9.17) is 4.42 Å². The van der Waals surface area contributed by atoms with Crippen molar-refractivity contribution in [3.63, 3.8) is 0 Å². The molecule has 0 spiro atoms. The van der Waals surface area contributed by atoms with E-state index in [1.165, 1.54) is 19.2 Å². The third kappa shape index (κ3) is 2.13. The van der Waals surface area contributed by atoms with Crippen LogP contribution in [0.5, 0.6) is 0 Å². The van der Waals surface area contributed by atoms with Crippen LogP contribution >= 0.6 is 0 Å². The fourth-order valence-electron chi connectivity index (χ4n) is 2.22. The van der Waals surface area contributed by atoms with Crippen molar-refractivity contribution >= 4 is 16.8 Å². The molecular formula is C13H17N3O. The Balaban J connectivity index is 1.68. The van der Waals surface area contributed by atoms with E-state index in [9.17, 15) is 0 Å². The Morgan fingerprint density at radius 3 is 3.00 bits per heavy atom. The molecule has 3 rings (SSSR count). The highest BCUT2D eigenvalue weighted by molar-refractivity contribution is 5.76. The lowest BCUT2D eigenvalue weighted by molar-refractivity contribution is 0.507. The summed E-state index contributed by atoms with van der Waals surface area (Å²) in [5.74, 6) is 0. The van der Waals surface area contributed by atoms with Crippen molar-refractivity contribution in [2.75, 3.05) is 25.5 Å². The van der Waals surface area contributed by atoms with Gasteiger partial charge in [0.15, 0.2) is 12.0 Å². The number of fused-ring (bicyclic) bond motifs is 1. The van der Waals surface area contributed by atoms with Crippen molar-refractivity contribution < 1.29 is 4.42 Å². The van der Waals surface area contributed by atoms with Crippen molar-refractivity contribution in [3.05, 3.63) is 24.6 Å². The Hall–Kier alpha value is -1.55. The zero-order valence-corrected chi connectivity index (χ0v) is 9.99. The number of aromatic nitrogens is 1. The van der Waals surface area contributed by atoms with Crippen molar-refractivity contribution in [2.45, 2.75) is 12.8 Å². The minimum absolute atomic E-state index is 0.463. The number of rotatable bonds is 5. The normalized spacial score (nSPS) is 17.2. The number of anilines is 1. The maximum Gasteiger partial charge on any atom is 0.181 e. The van der Waals surface area contributed by atoms with Crippen LogP contribution in [0.25, 0.3) is 11.1 Å². The van der Waals surface area contributed by atoms with Gasteiger partial charge in [-0.25, -0.2) is 4.98 Å². The minimum Gasteiger partial charge on any atom is -0.443 e. The van der Waals surface area contributed by atoms with Crippen LogP contribution in [0.15, 0.2) is 29.0 Å². The van der Waals surface area contributed by atoms with Gasteiger partial charge in [-0.15, -0.1) is 0 Å². The van der Waals surface area contributed by atoms with Gasteiger partial charge in [-0.3, -0.25) is 0 Å². The van der Waals surface area contributed by atoms with Gasteiger partial charge in [0.25, 0.3) is 0 Å². The molecule has 0 atom stereocenters. The van der Waals surface area contributed by atoms with Crippen LogP contribution in [0.3, 0.4) is 0 Å². The first-order valence-corrected chi connectivity index (χ1v) is 6.03. The largest absolute Gasteiger partial charge is 0.443 e. The van der Waals surface area contributed by atoms with E-state index in [-0.39, 0.29) is 0 Å². The molecule has 4 heteroatoms. The second-order valence-electron chi connectivity index (χ2n) is 4.92. The van der Waals surface area contributed by atoms with Crippen LogP contribution in [0, 0.1) is 5.41 Å². The molecule has 1 aliphatic carbocycles. The highest BCUT2D eigenvalue weighted by atomic mass is 16.3. The van der Waals surface area contributed by atoms with Gasteiger partial charge in [-0.05, 0) is 32.0 Å². The highest BCUT2D eigenvalue weighted by Gasteiger charge is 2.41. The van der Waals surface area contributed by atoms with Gasteiger partial charge in [-0.2, -0.15) is 0 Å². The van der Waals surface area contributed by atoms with Crippen LogP contribution in [0.1, 0.15) is 12.8 Å². The summed E-state index contributed by atoms with van der Waals surface area (Å²) in [6.07, 6.45) is 4.11. The fourth-order valence-corrected chi connectivity index (χ4v) is 2.22. The first kappa shape index (κ1) is 10.6. The van der Waals surface area contributed by atoms with Gasteiger partial charge in [0.2, 0.25) is 0 Å². The predicted molar refractivity (Wildman–Crippen MR) is 68.1 cm³/mol. The molecule has 1 heterocycles. The van der Waals surface area contributed by atoms with E-state index in [0.29, 0.717) is 5.41 Å². The van der Waals surface area contributed by atoms with E-state index in [2.05, 4.69) is 21.7 Å². The third-order valence-electron chi connectivity index (χ3n) is 3.51. The number of nitrogens with zero attached hydrogens (tertiary/aromatic N) is 1. The Labute approximate surface area is 100 Å². The van der Waals surface area contributed by atoms with Crippen LogP contribution in [0.2, 0.25) is 0 Å². The zero-order chi connectivity index (χ0) is 11.7. The van der Waals surface area contributed by atoms with Crippen molar-refractivity contribution in [2.24, 2.45) is 5.41 Å². The lowest BCUT2D eigenvalue weighted by Gasteiger charge is -2.16. The molecule has 2 aromatic rings. The van der Waals surface area contributed by atoms with Crippen LogP contribution in [0.4, 0.5) is 5.69 Å². The van der Waals surface area contributed by atoms with Gasteiger partial charge in [-0.1, -0.05) is 0 Å². The molecule has 2 N–H and O–H groups in total. The molecule has 0 saturated heterocycles. The lowest BCUT2D eigenvalue weighted by atomic mass is 10.1. The molecule has 1 fully saturated rings. The van der Waals surface area contributed by atoms with E-state index in [1.54, 1.807) is 0 Å². The van der Waals surface area contributed by atoms with Crippen LogP contribution in [-0.4, -0.2) is 25.1 Å². The number of nitrogens with one attached hydrogen (secondary N) is 2. The maximum absolute atomic E-state index is 5.29. The standard InChI is InChI=1S/C13H17N3O/c1-14-7-13(4-5-13)8-15-10-2-3-11-12(6-10)17-9-16-11/h2-3,6,9,14-15H,4-5,7-8H2,1H3. The van der Waals surface area contributed by atoms with Gasteiger partial charge in [0.1, 0.15) is 5.52 Å². The van der Waals surface area contributed by atoms with Crippen molar-refractivity contribution in [3.8, 4) is 0 Å². The molecule has 1 saturated carbocycles. The Kier molecular flexibility index (Phi) is 2.52. The van der Waals surface area contributed by atoms with Gasteiger partial charge < -0.3 is 15.1 Å². The summed E-state index contributed by atoms with van der Waals surface area (Å²) in [5, 5.41) is 6.75. The average molecular weight is 231 g/mol. The summed E-state index contributed by atoms with van der Waals surface area (Å²) >= 11 is 0. The molecule has 90 valence electrons. The second kappa shape index (κ2) is 4.04. The summed E-state index contributed by atoms with van der Waals surface area (Å²) in [6.45, 7) is 2.11. The molecule has 1 aromatic carbocycles. The molecule has 0 radical (unpaired) electrons. The van der Waals surface area contributed by atoms with Crippen molar-refractivity contribution in [1.29, 1.82) is 0 Å². The molecule has 0 bridgehead atoms. The number of benzene rings is 1. The first-order valence-electron chi connectivity index (χ1n) is 6.03. The summed E-state index contributed by atoms with van der Waals surface area (Å²) in [5.41, 5.74) is 3.32. The van der Waals surface area contributed by atoms with Gasteiger partial charge in [0.05, 0.1) is 0 Å². The summed E-state index contributed by atoms with van der Waals surface area (Å²) in [4.78, 5) is 4.11. The summed E-state index contributed by atoms with van der Waals surface area (Å²) in [6, 6.07) is 6.05. The highest BCUT2D eigenvalue weighted by Crippen LogP contribution is 2.44. The van der Waals surface area contributed by atoms with E-state index in [0.717, 1.165) is 29.9 Å². The number of oxazole rings is 1. The third-order valence-corrected chi connectivity index (χ3v) is 3.51. The molecule has 1 aliphatic rings. The Morgan fingerprint density at radius 1 is 1.35 bits per heavy atom. The summed E-state index contributed by atoms with van der Waals surface area (Å²) in [7, 11) is 2.01. The number of hydrogen-bond acceptors (Lipinski definition) is 4. The Morgan fingerprint density at radius 2 is 2.24 bits per heavy atom. The second-order valence-corrected chi connectivity index (χ2v) is 4.92. The summed E-state index contributed by atoms with van der Waals surface area (Å²) < 4.78 is 5.29. The Bertz CT molecular complexity index is 516. The van der Waals surface area contributed by atoms with Gasteiger partial charge >= 0.3 is 0 Å². The molecular weight excluding hydrogens is 214 g/mol. The molecule has 17 heavy (non-hydrogen) atoms. The minimum atomic E-state index is 0.463. The molecule has 0 unspecified atom stereocenters. The molecule has 4 nitrogen and oxygen atoms in total. The molecule has 1 aromatic heterocycles. The predicted octanol–water partition coefficient (Wildman–Crippen LogP) is 2.24. The smallest absolute Gasteiger partial charge is 0.181 e. The fraction of sp³-hybridized carbons (Fsp3) is 0.462. The average Bonchev–Trinajstić information content (AvgIpc) is 2.95. The molecule has 0 aliphatic heterocycles. The van der Waals surface area contributed by atoms with Crippen LogP contribution in [-0.2, 0) is 0 Å². The maximum atomic E-state index is 5.29. The van der Waals surface area contributed by atoms with Crippen LogP contribution < -0.4 is 10.6 Å².